The highest BCUT2D eigenvalue weighted by Crippen LogP contribution is 2.20. The van der Waals surface area contributed by atoms with Gasteiger partial charge in [0.25, 0.3) is 0 Å². The standard InChI is InChI=1S/C14H24N2O5/c1-9(12(18)19)15-11(17)10-5-7-16(8-6-10)13(20)21-14(2,3)4/h9-10H,5-8H2,1-4H3,(H,15,17)(H,18,19)/p-1/t9-/m0/s1. The zero-order valence-corrected chi connectivity index (χ0v) is 13.0. The first-order valence-electron chi connectivity index (χ1n) is 7.09. The Bertz CT molecular complexity index is 408. The fourth-order valence-electron chi connectivity index (χ4n) is 2.04. The molecular formula is C14H23N2O5-. The zero-order valence-electron chi connectivity index (χ0n) is 13.0. The van der Waals surface area contributed by atoms with Crippen molar-refractivity contribution in [3.63, 3.8) is 0 Å². The van der Waals surface area contributed by atoms with E-state index in [1.807, 2.05) is 0 Å². The first-order valence-corrected chi connectivity index (χ1v) is 7.09. The van der Waals surface area contributed by atoms with Crippen LogP contribution in [0.1, 0.15) is 40.5 Å². The Morgan fingerprint density at radius 1 is 1.24 bits per heavy atom. The van der Waals surface area contributed by atoms with Gasteiger partial charge in [-0.05, 0) is 40.5 Å². The molecule has 0 unspecified atom stereocenters. The molecule has 120 valence electrons. The van der Waals surface area contributed by atoms with Gasteiger partial charge >= 0.3 is 6.09 Å². The number of hydrogen-bond donors (Lipinski definition) is 1. The topological polar surface area (TPSA) is 98.8 Å². The highest BCUT2D eigenvalue weighted by Gasteiger charge is 2.30. The molecule has 7 heteroatoms. The maximum Gasteiger partial charge on any atom is 0.410 e. The van der Waals surface area contributed by atoms with Gasteiger partial charge in [-0.1, -0.05) is 0 Å². The maximum absolute atomic E-state index is 11.9. The number of likely N-dealkylation sites (tertiary alicyclic amines) is 1. The Labute approximate surface area is 124 Å². The number of amides is 2. The summed E-state index contributed by atoms with van der Waals surface area (Å²) in [5.74, 6) is -1.91. The summed E-state index contributed by atoms with van der Waals surface area (Å²) in [6, 6.07) is -1.01. The van der Waals surface area contributed by atoms with Crippen LogP contribution in [-0.2, 0) is 14.3 Å². The number of nitrogens with one attached hydrogen (secondary N) is 1. The zero-order chi connectivity index (χ0) is 16.2. The molecule has 1 atom stereocenters. The number of aliphatic carboxylic acids is 1. The van der Waals surface area contributed by atoms with Gasteiger partial charge in [-0.25, -0.2) is 4.79 Å². The van der Waals surface area contributed by atoms with Crippen LogP contribution in [-0.4, -0.2) is 47.6 Å². The molecule has 0 aromatic rings. The molecule has 0 spiro atoms. The summed E-state index contributed by atoms with van der Waals surface area (Å²) >= 11 is 0. The van der Waals surface area contributed by atoms with Crippen molar-refractivity contribution in [2.75, 3.05) is 13.1 Å². The van der Waals surface area contributed by atoms with E-state index in [-0.39, 0.29) is 17.9 Å². The van der Waals surface area contributed by atoms with Crippen molar-refractivity contribution in [2.45, 2.75) is 52.2 Å². The van der Waals surface area contributed by atoms with E-state index in [9.17, 15) is 19.5 Å². The molecule has 1 aliphatic rings. The molecule has 1 saturated heterocycles. The largest absolute Gasteiger partial charge is 0.548 e. The number of carbonyl (C=O) groups excluding carboxylic acids is 3. The number of nitrogens with zero attached hydrogens (tertiary/aromatic N) is 1. The summed E-state index contributed by atoms with van der Waals surface area (Å²) in [5.41, 5.74) is -0.546. The van der Waals surface area contributed by atoms with Crippen LogP contribution in [0.4, 0.5) is 4.79 Å². The Balaban J connectivity index is 2.43. The van der Waals surface area contributed by atoms with E-state index in [4.69, 9.17) is 4.74 Å². The normalized spacial score (nSPS) is 18.0. The fraction of sp³-hybridized carbons (Fsp3) is 0.786. The van der Waals surface area contributed by atoms with E-state index in [2.05, 4.69) is 5.32 Å². The van der Waals surface area contributed by atoms with Crippen LogP contribution in [0.15, 0.2) is 0 Å². The number of ether oxygens (including phenoxy) is 1. The molecule has 0 aromatic heterocycles. The second-order valence-corrected chi connectivity index (χ2v) is 6.29. The Morgan fingerprint density at radius 3 is 2.19 bits per heavy atom. The van der Waals surface area contributed by atoms with E-state index >= 15 is 0 Å². The lowest BCUT2D eigenvalue weighted by molar-refractivity contribution is -0.307. The average molecular weight is 299 g/mol. The lowest BCUT2D eigenvalue weighted by atomic mass is 9.96. The van der Waals surface area contributed by atoms with Crippen molar-refractivity contribution >= 4 is 18.0 Å². The van der Waals surface area contributed by atoms with Crippen LogP contribution >= 0.6 is 0 Å². The molecule has 0 bridgehead atoms. The molecule has 0 saturated carbocycles. The van der Waals surface area contributed by atoms with Gasteiger partial charge in [-0.3, -0.25) is 4.79 Å². The molecule has 1 rings (SSSR count). The summed E-state index contributed by atoms with van der Waals surface area (Å²) in [5, 5.41) is 13.0. The van der Waals surface area contributed by atoms with Crippen molar-refractivity contribution < 1.29 is 24.2 Å². The Hall–Kier alpha value is -1.79. The summed E-state index contributed by atoms with van der Waals surface area (Å²) in [4.78, 5) is 35.9. The second kappa shape index (κ2) is 6.78. The van der Waals surface area contributed by atoms with Crippen LogP contribution in [0.2, 0.25) is 0 Å². The number of piperidine rings is 1. The van der Waals surface area contributed by atoms with Crippen molar-refractivity contribution in [1.29, 1.82) is 0 Å². The monoisotopic (exact) mass is 299 g/mol. The predicted octanol–water partition coefficient (Wildman–Crippen LogP) is -0.112. The van der Waals surface area contributed by atoms with Crippen LogP contribution in [0.5, 0.6) is 0 Å². The molecule has 1 aliphatic heterocycles. The number of carboxylic acids is 1. The number of hydrogen-bond acceptors (Lipinski definition) is 5. The Morgan fingerprint density at radius 2 is 1.76 bits per heavy atom. The number of rotatable bonds is 3. The third kappa shape index (κ3) is 5.61. The maximum atomic E-state index is 11.9. The van der Waals surface area contributed by atoms with Crippen molar-refractivity contribution in [1.82, 2.24) is 10.2 Å². The summed E-state index contributed by atoms with van der Waals surface area (Å²) in [6.07, 6.45) is 0.597. The first kappa shape index (κ1) is 17.3. The van der Waals surface area contributed by atoms with Crippen molar-refractivity contribution in [2.24, 2.45) is 5.92 Å². The molecule has 0 aliphatic carbocycles. The van der Waals surface area contributed by atoms with E-state index in [1.54, 1.807) is 25.7 Å². The SMILES string of the molecule is C[C@H](NC(=O)C1CCN(C(=O)OC(C)(C)C)CC1)C(=O)[O-]. The molecule has 2 amide bonds. The molecule has 21 heavy (non-hydrogen) atoms. The summed E-state index contributed by atoms with van der Waals surface area (Å²) < 4.78 is 5.27. The van der Waals surface area contributed by atoms with Gasteiger partial charge in [-0.15, -0.1) is 0 Å². The smallest absolute Gasteiger partial charge is 0.410 e. The first-order chi connectivity index (χ1) is 9.60. The molecular weight excluding hydrogens is 276 g/mol. The van der Waals surface area contributed by atoms with Crippen LogP contribution in [0.3, 0.4) is 0 Å². The average Bonchev–Trinajstić information content (AvgIpc) is 2.36. The number of carboxylic acid groups (broad SMARTS) is 1. The van der Waals surface area contributed by atoms with Gasteiger partial charge < -0.3 is 24.9 Å². The van der Waals surface area contributed by atoms with E-state index in [0.717, 1.165) is 0 Å². The van der Waals surface area contributed by atoms with E-state index < -0.39 is 17.6 Å². The van der Waals surface area contributed by atoms with Crippen LogP contribution in [0.25, 0.3) is 0 Å². The van der Waals surface area contributed by atoms with Crippen molar-refractivity contribution in [3.05, 3.63) is 0 Å². The Kier molecular flexibility index (Phi) is 5.57. The third-order valence-electron chi connectivity index (χ3n) is 3.23. The lowest BCUT2D eigenvalue weighted by Crippen LogP contribution is -2.50. The minimum absolute atomic E-state index is 0.287. The van der Waals surface area contributed by atoms with E-state index in [0.29, 0.717) is 25.9 Å². The van der Waals surface area contributed by atoms with Gasteiger partial charge in [0.2, 0.25) is 5.91 Å². The van der Waals surface area contributed by atoms with Gasteiger partial charge in [-0.2, -0.15) is 0 Å². The summed E-state index contributed by atoms with van der Waals surface area (Å²) in [7, 11) is 0. The predicted molar refractivity (Wildman–Crippen MR) is 73.1 cm³/mol. The van der Waals surface area contributed by atoms with Gasteiger partial charge in [0, 0.05) is 19.0 Å². The van der Waals surface area contributed by atoms with E-state index in [1.165, 1.54) is 6.92 Å². The molecule has 1 heterocycles. The molecule has 1 N–H and O–H groups in total. The van der Waals surface area contributed by atoms with Gasteiger partial charge in [0.05, 0.1) is 12.0 Å². The highest BCUT2D eigenvalue weighted by molar-refractivity contribution is 5.84. The lowest BCUT2D eigenvalue weighted by Gasteiger charge is -2.33. The minimum Gasteiger partial charge on any atom is -0.548 e. The third-order valence-corrected chi connectivity index (χ3v) is 3.23. The fourth-order valence-corrected chi connectivity index (χ4v) is 2.04. The van der Waals surface area contributed by atoms with Crippen LogP contribution < -0.4 is 10.4 Å². The molecule has 0 radical (unpaired) electrons. The quantitative estimate of drug-likeness (QED) is 0.784. The molecule has 1 fully saturated rings. The molecule has 0 aromatic carbocycles. The van der Waals surface area contributed by atoms with Crippen LogP contribution in [0, 0.1) is 5.92 Å². The summed E-state index contributed by atoms with van der Waals surface area (Å²) in [6.45, 7) is 7.60. The second-order valence-electron chi connectivity index (χ2n) is 6.29. The highest BCUT2D eigenvalue weighted by atomic mass is 16.6. The van der Waals surface area contributed by atoms with Gasteiger partial charge in [0.15, 0.2) is 0 Å². The van der Waals surface area contributed by atoms with Crippen molar-refractivity contribution in [3.8, 4) is 0 Å². The minimum atomic E-state index is -1.31. The van der Waals surface area contributed by atoms with Gasteiger partial charge in [0.1, 0.15) is 5.60 Å². The number of carbonyl (C=O) groups is 3. The molecule has 7 nitrogen and oxygen atoms in total.